The van der Waals surface area contributed by atoms with Gasteiger partial charge in [0.25, 0.3) is 0 Å². The lowest BCUT2D eigenvalue weighted by atomic mass is 10.0. The van der Waals surface area contributed by atoms with E-state index in [1.807, 2.05) is 57.6 Å². The third-order valence-electron chi connectivity index (χ3n) is 3.08. The van der Waals surface area contributed by atoms with Crippen molar-refractivity contribution in [1.29, 1.82) is 0 Å². The summed E-state index contributed by atoms with van der Waals surface area (Å²) in [5.74, 6) is 0.804. The predicted octanol–water partition coefficient (Wildman–Crippen LogP) is 2.87. The third-order valence-corrected chi connectivity index (χ3v) is 3.08. The smallest absolute Gasteiger partial charge is 0.120 e. The molecule has 1 heterocycles. The molecular formula is C16H22N2O2. The number of aromatic nitrogens is 2. The number of benzene rings is 1. The molecule has 0 saturated heterocycles. The highest BCUT2D eigenvalue weighted by atomic mass is 16.5. The van der Waals surface area contributed by atoms with Gasteiger partial charge in [-0.3, -0.25) is 4.68 Å². The molecule has 0 aliphatic heterocycles. The Hall–Kier alpha value is -1.81. The minimum Gasteiger partial charge on any atom is -0.491 e. The molecule has 108 valence electrons. The predicted molar refractivity (Wildman–Crippen MR) is 78.7 cm³/mol. The molecular weight excluding hydrogens is 252 g/mol. The summed E-state index contributed by atoms with van der Waals surface area (Å²) >= 11 is 0. The number of aliphatic hydroxyl groups excluding tert-OH is 1. The van der Waals surface area contributed by atoms with Gasteiger partial charge < -0.3 is 9.84 Å². The summed E-state index contributed by atoms with van der Waals surface area (Å²) < 4.78 is 7.42. The van der Waals surface area contributed by atoms with Crippen molar-refractivity contribution in [2.24, 2.45) is 7.05 Å². The zero-order chi connectivity index (χ0) is 14.5. The van der Waals surface area contributed by atoms with Crippen molar-refractivity contribution in [3.05, 3.63) is 47.8 Å². The number of ether oxygens (including phenoxy) is 1. The van der Waals surface area contributed by atoms with Crippen molar-refractivity contribution in [2.45, 2.75) is 38.9 Å². The minimum atomic E-state index is -0.481. The van der Waals surface area contributed by atoms with Crippen LogP contribution in [-0.2, 0) is 13.5 Å². The van der Waals surface area contributed by atoms with Crippen molar-refractivity contribution >= 4 is 0 Å². The lowest BCUT2D eigenvalue weighted by Gasteiger charge is -2.14. The van der Waals surface area contributed by atoms with Crippen LogP contribution in [0.25, 0.3) is 0 Å². The van der Waals surface area contributed by atoms with E-state index in [1.165, 1.54) is 0 Å². The first-order valence-electron chi connectivity index (χ1n) is 6.97. The Morgan fingerprint density at radius 1 is 1.35 bits per heavy atom. The largest absolute Gasteiger partial charge is 0.491 e. The van der Waals surface area contributed by atoms with Gasteiger partial charge in [0.15, 0.2) is 0 Å². The van der Waals surface area contributed by atoms with Crippen LogP contribution >= 0.6 is 0 Å². The molecule has 4 heteroatoms. The van der Waals surface area contributed by atoms with Gasteiger partial charge in [-0.2, -0.15) is 5.10 Å². The molecule has 0 amide bonds. The van der Waals surface area contributed by atoms with E-state index in [-0.39, 0.29) is 6.10 Å². The van der Waals surface area contributed by atoms with Crippen molar-refractivity contribution < 1.29 is 9.84 Å². The summed E-state index contributed by atoms with van der Waals surface area (Å²) in [7, 11) is 1.90. The van der Waals surface area contributed by atoms with Gasteiger partial charge in [0.2, 0.25) is 0 Å². The van der Waals surface area contributed by atoms with Crippen molar-refractivity contribution in [3.8, 4) is 5.75 Å². The van der Waals surface area contributed by atoms with Crippen LogP contribution in [-0.4, -0.2) is 21.0 Å². The van der Waals surface area contributed by atoms with Gasteiger partial charge in [-0.05, 0) is 49.9 Å². The van der Waals surface area contributed by atoms with Crippen molar-refractivity contribution in [3.63, 3.8) is 0 Å². The Morgan fingerprint density at radius 2 is 2.15 bits per heavy atom. The van der Waals surface area contributed by atoms with Gasteiger partial charge in [-0.1, -0.05) is 12.1 Å². The van der Waals surface area contributed by atoms with Crippen LogP contribution in [0.1, 0.15) is 37.5 Å². The highest BCUT2D eigenvalue weighted by Crippen LogP contribution is 2.23. The number of hydrogen-bond acceptors (Lipinski definition) is 3. The number of rotatable bonds is 6. The molecule has 1 N–H and O–H groups in total. The third kappa shape index (κ3) is 4.10. The molecule has 20 heavy (non-hydrogen) atoms. The van der Waals surface area contributed by atoms with Gasteiger partial charge in [-0.25, -0.2) is 0 Å². The summed E-state index contributed by atoms with van der Waals surface area (Å²) in [5.41, 5.74) is 2.04. The zero-order valence-electron chi connectivity index (χ0n) is 12.3. The van der Waals surface area contributed by atoms with Gasteiger partial charge in [0.1, 0.15) is 5.75 Å². The Bertz CT molecular complexity index is 549. The van der Waals surface area contributed by atoms with Crippen molar-refractivity contribution in [2.75, 3.05) is 0 Å². The lowest BCUT2D eigenvalue weighted by Crippen LogP contribution is -2.06. The van der Waals surface area contributed by atoms with Crippen LogP contribution in [0, 0.1) is 0 Å². The van der Waals surface area contributed by atoms with E-state index in [1.54, 1.807) is 4.68 Å². The molecule has 0 aliphatic rings. The second-order valence-corrected chi connectivity index (χ2v) is 5.32. The fourth-order valence-electron chi connectivity index (χ4n) is 2.14. The topological polar surface area (TPSA) is 47.3 Å². The first-order chi connectivity index (χ1) is 9.54. The summed E-state index contributed by atoms with van der Waals surface area (Å²) in [5, 5.41) is 14.4. The monoisotopic (exact) mass is 274 g/mol. The quantitative estimate of drug-likeness (QED) is 0.881. The van der Waals surface area contributed by atoms with Gasteiger partial charge in [0.05, 0.1) is 18.4 Å². The molecule has 0 fully saturated rings. The average molecular weight is 274 g/mol. The standard InChI is InChI=1S/C16H22N2O2/c1-12(2)20-15-6-4-5-14(9-15)16(19)8-7-13-10-17-18(3)11-13/h4-6,9-12,16,19H,7-8H2,1-3H3. The molecule has 0 spiro atoms. The van der Waals surface area contributed by atoms with E-state index >= 15 is 0 Å². The van der Waals surface area contributed by atoms with E-state index in [4.69, 9.17) is 4.74 Å². The maximum Gasteiger partial charge on any atom is 0.120 e. The lowest BCUT2D eigenvalue weighted by molar-refractivity contribution is 0.166. The number of aryl methyl sites for hydroxylation is 2. The Morgan fingerprint density at radius 3 is 2.80 bits per heavy atom. The molecule has 2 rings (SSSR count). The minimum absolute atomic E-state index is 0.137. The molecule has 0 aliphatic carbocycles. The Balaban J connectivity index is 1.96. The molecule has 4 nitrogen and oxygen atoms in total. The molecule has 0 bridgehead atoms. The fraction of sp³-hybridized carbons (Fsp3) is 0.438. The van der Waals surface area contributed by atoms with Crippen LogP contribution < -0.4 is 4.74 Å². The highest BCUT2D eigenvalue weighted by molar-refractivity contribution is 5.30. The van der Waals surface area contributed by atoms with Gasteiger partial charge in [0, 0.05) is 13.2 Å². The summed E-state index contributed by atoms with van der Waals surface area (Å²) in [6.45, 7) is 3.98. The van der Waals surface area contributed by atoms with Gasteiger partial charge in [-0.15, -0.1) is 0 Å². The Kier molecular flexibility index (Phi) is 4.79. The van der Waals surface area contributed by atoms with E-state index < -0.39 is 6.10 Å². The summed E-state index contributed by atoms with van der Waals surface area (Å²) in [6, 6.07) is 7.67. The van der Waals surface area contributed by atoms with Crippen LogP contribution in [0.5, 0.6) is 5.75 Å². The van der Waals surface area contributed by atoms with Crippen LogP contribution in [0.4, 0.5) is 0 Å². The maximum absolute atomic E-state index is 10.3. The van der Waals surface area contributed by atoms with Crippen LogP contribution in [0.15, 0.2) is 36.7 Å². The molecule has 1 unspecified atom stereocenters. The van der Waals surface area contributed by atoms with E-state index in [0.717, 1.165) is 23.3 Å². The second-order valence-electron chi connectivity index (χ2n) is 5.32. The SMILES string of the molecule is CC(C)Oc1cccc(C(O)CCc2cnn(C)c2)c1. The molecule has 0 saturated carbocycles. The normalized spacial score (nSPS) is 12.7. The number of hydrogen-bond donors (Lipinski definition) is 1. The van der Waals surface area contributed by atoms with E-state index in [0.29, 0.717) is 6.42 Å². The second kappa shape index (κ2) is 6.57. The first-order valence-corrected chi connectivity index (χ1v) is 6.97. The maximum atomic E-state index is 10.3. The fourth-order valence-corrected chi connectivity index (χ4v) is 2.14. The average Bonchev–Trinajstić information content (AvgIpc) is 2.81. The molecule has 1 atom stereocenters. The van der Waals surface area contributed by atoms with Gasteiger partial charge >= 0.3 is 0 Å². The molecule has 0 radical (unpaired) electrons. The number of nitrogens with zero attached hydrogens (tertiary/aromatic N) is 2. The molecule has 1 aromatic heterocycles. The highest BCUT2D eigenvalue weighted by Gasteiger charge is 2.10. The van der Waals surface area contributed by atoms with Crippen LogP contribution in [0.3, 0.4) is 0 Å². The zero-order valence-corrected chi connectivity index (χ0v) is 12.3. The summed E-state index contributed by atoms with van der Waals surface area (Å²) in [4.78, 5) is 0. The number of aliphatic hydroxyl groups is 1. The van der Waals surface area contributed by atoms with Crippen LogP contribution in [0.2, 0.25) is 0 Å². The Labute approximate surface area is 120 Å². The molecule has 1 aromatic carbocycles. The van der Waals surface area contributed by atoms with Crippen molar-refractivity contribution in [1.82, 2.24) is 9.78 Å². The van der Waals surface area contributed by atoms with E-state index in [9.17, 15) is 5.11 Å². The molecule has 2 aromatic rings. The first kappa shape index (κ1) is 14.6. The summed E-state index contributed by atoms with van der Waals surface area (Å²) in [6.07, 6.45) is 4.96. The van der Waals surface area contributed by atoms with E-state index in [2.05, 4.69) is 5.10 Å².